The van der Waals surface area contributed by atoms with Crippen LogP contribution in [0.25, 0.3) is 22.4 Å². The van der Waals surface area contributed by atoms with Crippen molar-refractivity contribution in [3.05, 3.63) is 41.1 Å². The van der Waals surface area contributed by atoms with Crippen LogP contribution >= 0.6 is 0 Å². The van der Waals surface area contributed by atoms with Crippen molar-refractivity contribution in [2.45, 2.75) is 32.7 Å². The first kappa shape index (κ1) is 24.3. The Hall–Kier alpha value is -3.81. The molecule has 0 radical (unpaired) electrons. The summed E-state index contributed by atoms with van der Waals surface area (Å²) >= 11 is 0. The number of ether oxygens (including phenoxy) is 5. The summed E-state index contributed by atoms with van der Waals surface area (Å²) in [4.78, 5) is 12.9. The monoisotopic (exact) mass is 481 g/mol. The fourth-order valence-electron chi connectivity index (χ4n) is 5.32. The SMILES string of the molecule is COc1cc2c(cc1OC)-c1c(C(=O)O)c(-c3cc(OC)c(OC)c(OC)c3)c(C)n1C(C)(C)C2. The van der Waals surface area contributed by atoms with E-state index in [1.165, 1.54) is 21.3 Å². The van der Waals surface area contributed by atoms with Crippen LogP contribution in [0.1, 0.15) is 35.5 Å². The number of methoxy groups -OCH3 is 5. The zero-order valence-corrected chi connectivity index (χ0v) is 21.4. The minimum atomic E-state index is -1.02. The zero-order valence-electron chi connectivity index (χ0n) is 21.4. The molecule has 35 heavy (non-hydrogen) atoms. The molecule has 186 valence electrons. The van der Waals surface area contributed by atoms with Gasteiger partial charge in [0.15, 0.2) is 23.0 Å². The molecule has 1 aliphatic heterocycles. The lowest BCUT2D eigenvalue weighted by Gasteiger charge is -2.37. The molecule has 0 saturated heterocycles. The molecule has 4 rings (SSSR count). The first-order chi connectivity index (χ1) is 16.6. The summed E-state index contributed by atoms with van der Waals surface area (Å²) in [6.45, 7) is 6.16. The fraction of sp³-hybridized carbons (Fsp3) is 0.370. The largest absolute Gasteiger partial charge is 0.493 e. The first-order valence-electron chi connectivity index (χ1n) is 11.2. The Morgan fingerprint density at radius 3 is 1.89 bits per heavy atom. The van der Waals surface area contributed by atoms with Crippen molar-refractivity contribution in [1.82, 2.24) is 4.57 Å². The van der Waals surface area contributed by atoms with Gasteiger partial charge in [0.1, 0.15) is 0 Å². The van der Waals surface area contributed by atoms with Gasteiger partial charge in [-0.3, -0.25) is 0 Å². The number of carboxylic acid groups (broad SMARTS) is 1. The molecule has 0 unspecified atom stereocenters. The van der Waals surface area contributed by atoms with Crippen molar-refractivity contribution < 1.29 is 33.6 Å². The maximum atomic E-state index is 12.9. The maximum Gasteiger partial charge on any atom is 0.338 e. The van der Waals surface area contributed by atoms with Crippen LogP contribution in [-0.2, 0) is 12.0 Å². The number of carbonyl (C=O) groups is 1. The van der Waals surface area contributed by atoms with Crippen LogP contribution in [0.2, 0.25) is 0 Å². The normalized spacial score (nSPS) is 13.5. The van der Waals surface area contributed by atoms with Crippen LogP contribution in [0.3, 0.4) is 0 Å². The summed E-state index contributed by atoms with van der Waals surface area (Å²) in [5.74, 6) is 1.48. The molecule has 0 saturated carbocycles. The average Bonchev–Trinajstić information content (AvgIpc) is 3.16. The van der Waals surface area contributed by atoms with Gasteiger partial charge in [-0.1, -0.05) is 0 Å². The molecule has 1 N–H and O–H groups in total. The van der Waals surface area contributed by atoms with Crippen molar-refractivity contribution in [2.75, 3.05) is 35.5 Å². The summed E-state index contributed by atoms with van der Waals surface area (Å²) in [7, 11) is 7.77. The van der Waals surface area contributed by atoms with Gasteiger partial charge in [-0.2, -0.15) is 0 Å². The molecule has 0 spiro atoms. The number of fused-ring (bicyclic) bond motifs is 3. The smallest absolute Gasteiger partial charge is 0.338 e. The molecule has 8 heteroatoms. The van der Waals surface area contributed by atoms with Gasteiger partial charge in [0, 0.05) is 22.4 Å². The Morgan fingerprint density at radius 1 is 0.857 bits per heavy atom. The van der Waals surface area contributed by atoms with Gasteiger partial charge >= 0.3 is 5.97 Å². The van der Waals surface area contributed by atoms with Crippen molar-refractivity contribution in [3.63, 3.8) is 0 Å². The van der Waals surface area contributed by atoms with E-state index in [4.69, 9.17) is 23.7 Å². The minimum absolute atomic E-state index is 0.206. The topological polar surface area (TPSA) is 88.4 Å². The number of benzene rings is 2. The van der Waals surface area contributed by atoms with Gasteiger partial charge in [-0.25, -0.2) is 4.79 Å². The predicted molar refractivity (Wildman–Crippen MR) is 133 cm³/mol. The average molecular weight is 482 g/mol. The van der Waals surface area contributed by atoms with E-state index in [0.717, 1.165) is 16.8 Å². The number of hydrogen-bond acceptors (Lipinski definition) is 6. The molecule has 0 atom stereocenters. The number of aromatic carboxylic acids is 1. The summed E-state index contributed by atoms with van der Waals surface area (Å²) < 4.78 is 29.7. The molecule has 2 heterocycles. The summed E-state index contributed by atoms with van der Waals surface area (Å²) in [6.07, 6.45) is 0.693. The van der Waals surface area contributed by atoms with Crippen LogP contribution in [0.4, 0.5) is 0 Å². The second-order valence-corrected chi connectivity index (χ2v) is 9.09. The lowest BCUT2D eigenvalue weighted by Crippen LogP contribution is -2.34. The number of carboxylic acids is 1. The van der Waals surface area contributed by atoms with E-state index in [1.807, 2.05) is 19.1 Å². The molecule has 0 aliphatic carbocycles. The number of nitrogens with zero attached hydrogens (tertiary/aromatic N) is 1. The van der Waals surface area contributed by atoms with Crippen LogP contribution in [0, 0.1) is 6.92 Å². The van der Waals surface area contributed by atoms with Crippen LogP contribution in [0.15, 0.2) is 24.3 Å². The van der Waals surface area contributed by atoms with E-state index in [9.17, 15) is 9.90 Å². The van der Waals surface area contributed by atoms with Gasteiger partial charge in [0.25, 0.3) is 0 Å². The van der Waals surface area contributed by atoms with E-state index in [0.29, 0.717) is 52.0 Å². The molecule has 0 amide bonds. The highest BCUT2D eigenvalue weighted by molar-refractivity contribution is 6.05. The predicted octanol–water partition coefficient (Wildman–Crippen LogP) is 5.16. The van der Waals surface area contributed by atoms with Crippen molar-refractivity contribution >= 4 is 5.97 Å². The Morgan fingerprint density at radius 2 is 1.40 bits per heavy atom. The summed E-state index contributed by atoms with van der Waals surface area (Å²) in [5, 5.41) is 10.5. The quantitative estimate of drug-likeness (QED) is 0.498. The standard InChI is InChI=1S/C27H31NO7/c1-14-22(15-9-20(33-6)25(35-8)21(10-15)34-7)23(26(29)30)24-17-12-19(32-5)18(31-4)11-16(17)13-27(2,3)28(14)24/h9-12H,13H2,1-8H3,(H,29,30). The third kappa shape index (κ3) is 3.64. The molecular formula is C27H31NO7. The van der Waals surface area contributed by atoms with Gasteiger partial charge < -0.3 is 33.4 Å². The Bertz CT molecular complexity index is 1290. The number of hydrogen-bond donors (Lipinski definition) is 1. The van der Waals surface area contributed by atoms with E-state index >= 15 is 0 Å². The molecule has 3 aromatic rings. The second-order valence-electron chi connectivity index (χ2n) is 9.09. The highest BCUT2D eigenvalue weighted by Crippen LogP contribution is 2.51. The van der Waals surface area contributed by atoms with Gasteiger partial charge in [0.05, 0.1) is 46.8 Å². The molecular weight excluding hydrogens is 450 g/mol. The highest BCUT2D eigenvalue weighted by Gasteiger charge is 2.39. The van der Waals surface area contributed by atoms with E-state index < -0.39 is 11.5 Å². The fourth-order valence-corrected chi connectivity index (χ4v) is 5.32. The molecule has 0 bridgehead atoms. The minimum Gasteiger partial charge on any atom is -0.493 e. The number of aromatic nitrogens is 1. The molecule has 8 nitrogen and oxygen atoms in total. The number of rotatable bonds is 7. The second kappa shape index (κ2) is 8.76. The van der Waals surface area contributed by atoms with Crippen molar-refractivity contribution in [2.24, 2.45) is 0 Å². The summed E-state index contributed by atoms with van der Waals surface area (Å²) in [6, 6.07) is 7.36. The molecule has 1 aromatic heterocycles. The van der Waals surface area contributed by atoms with Crippen molar-refractivity contribution in [3.8, 4) is 51.1 Å². The van der Waals surface area contributed by atoms with E-state index in [-0.39, 0.29) is 5.56 Å². The van der Waals surface area contributed by atoms with Crippen LogP contribution < -0.4 is 23.7 Å². The zero-order chi connectivity index (χ0) is 25.7. The Balaban J connectivity index is 2.13. The Kier molecular flexibility index (Phi) is 6.09. The van der Waals surface area contributed by atoms with E-state index in [2.05, 4.69) is 18.4 Å². The lowest BCUT2D eigenvalue weighted by molar-refractivity contribution is 0.0698. The van der Waals surface area contributed by atoms with Crippen LogP contribution in [-0.4, -0.2) is 51.2 Å². The summed E-state index contributed by atoms with van der Waals surface area (Å²) in [5.41, 5.74) is 4.34. The molecule has 0 fully saturated rings. The third-order valence-electron chi connectivity index (χ3n) is 6.67. The maximum absolute atomic E-state index is 12.9. The lowest BCUT2D eigenvalue weighted by atomic mass is 9.85. The Labute approximate surface area is 204 Å². The van der Waals surface area contributed by atoms with Crippen LogP contribution in [0.5, 0.6) is 28.7 Å². The highest BCUT2D eigenvalue weighted by atomic mass is 16.5. The first-order valence-corrected chi connectivity index (χ1v) is 11.2. The molecule has 2 aromatic carbocycles. The van der Waals surface area contributed by atoms with E-state index in [1.54, 1.807) is 26.4 Å². The van der Waals surface area contributed by atoms with Gasteiger partial charge in [-0.05, 0) is 62.6 Å². The van der Waals surface area contributed by atoms with Gasteiger partial charge in [-0.15, -0.1) is 0 Å². The van der Waals surface area contributed by atoms with Crippen molar-refractivity contribution in [1.29, 1.82) is 0 Å². The van der Waals surface area contributed by atoms with Gasteiger partial charge in [0.2, 0.25) is 5.75 Å². The molecule has 1 aliphatic rings. The third-order valence-corrected chi connectivity index (χ3v) is 6.67.